The fourth-order valence-electron chi connectivity index (χ4n) is 8.53. The Labute approximate surface area is 296 Å². The van der Waals surface area contributed by atoms with Crippen LogP contribution in [0.1, 0.15) is 83.4 Å². The third-order valence-electron chi connectivity index (χ3n) is 11.2. The molecule has 3 aliphatic rings. The molecular weight excluding hydrogens is 627 g/mol. The maximum Gasteiger partial charge on any atom is 0.323 e. The molecule has 1 aromatic heterocycles. The first kappa shape index (κ1) is 34.0. The van der Waals surface area contributed by atoms with Crippen molar-refractivity contribution in [3.8, 4) is 5.75 Å². The van der Waals surface area contributed by atoms with E-state index in [0.29, 0.717) is 30.3 Å². The van der Waals surface area contributed by atoms with E-state index in [4.69, 9.17) is 14.5 Å². The molecule has 258 valence electrons. The standard InChI is InChI=1S/C42H51N3O3S/c1-47-37-19-17-32(18-20-37)30-48-42(46)40(34-15-9-4-10-16-34)45-28-36(39(29-45)33-13-7-3-8-14-33)27-44-23-21-35(22-24-44)41-43-26-38(49-41)25-31-11-5-2-6-12-31/h2-3,5-8,11-14,17-20,26,34-36,39-40H,4,9-10,15-16,21-25,27-30H2,1H3/t36-,39+,40+/m0/s1. The summed E-state index contributed by atoms with van der Waals surface area (Å²) in [4.78, 5) is 25.5. The van der Waals surface area contributed by atoms with Gasteiger partial charge in [0, 0.05) is 49.0 Å². The van der Waals surface area contributed by atoms with Gasteiger partial charge in [-0.2, -0.15) is 0 Å². The van der Waals surface area contributed by atoms with Crippen LogP contribution in [0, 0.1) is 11.8 Å². The summed E-state index contributed by atoms with van der Waals surface area (Å²) in [5.74, 6) is 2.53. The highest BCUT2D eigenvalue weighted by molar-refractivity contribution is 7.11. The Morgan fingerprint density at radius 1 is 0.857 bits per heavy atom. The Bertz CT molecular complexity index is 1600. The summed E-state index contributed by atoms with van der Waals surface area (Å²) in [6.45, 7) is 5.42. The third-order valence-corrected chi connectivity index (χ3v) is 12.4. The smallest absolute Gasteiger partial charge is 0.323 e. The number of aromatic nitrogens is 1. The van der Waals surface area contributed by atoms with Gasteiger partial charge in [-0.25, -0.2) is 4.98 Å². The van der Waals surface area contributed by atoms with E-state index in [-0.39, 0.29) is 12.0 Å². The lowest BCUT2D eigenvalue weighted by Crippen LogP contribution is -2.47. The predicted octanol–water partition coefficient (Wildman–Crippen LogP) is 8.33. The zero-order valence-electron chi connectivity index (χ0n) is 28.9. The van der Waals surface area contributed by atoms with Crippen molar-refractivity contribution in [1.82, 2.24) is 14.8 Å². The lowest BCUT2D eigenvalue weighted by atomic mass is 9.83. The summed E-state index contributed by atoms with van der Waals surface area (Å²) in [7, 11) is 1.67. The summed E-state index contributed by atoms with van der Waals surface area (Å²) in [6.07, 6.45) is 11.3. The van der Waals surface area contributed by atoms with Crippen molar-refractivity contribution in [3.63, 3.8) is 0 Å². The molecule has 0 radical (unpaired) electrons. The summed E-state index contributed by atoms with van der Waals surface area (Å²) >= 11 is 1.90. The number of benzene rings is 3. The van der Waals surface area contributed by atoms with E-state index in [1.54, 1.807) is 7.11 Å². The summed E-state index contributed by atoms with van der Waals surface area (Å²) in [5, 5.41) is 1.31. The minimum absolute atomic E-state index is 0.0499. The van der Waals surface area contributed by atoms with Gasteiger partial charge in [0.05, 0.1) is 12.1 Å². The van der Waals surface area contributed by atoms with E-state index >= 15 is 0 Å². The molecule has 1 aliphatic carbocycles. The number of hydrogen-bond donors (Lipinski definition) is 0. The molecule has 0 bridgehead atoms. The van der Waals surface area contributed by atoms with Crippen LogP contribution in [0.2, 0.25) is 0 Å². The Morgan fingerprint density at radius 2 is 1.57 bits per heavy atom. The Balaban J connectivity index is 1.01. The number of rotatable bonds is 12. The molecule has 7 heteroatoms. The van der Waals surface area contributed by atoms with E-state index in [9.17, 15) is 4.79 Å². The number of esters is 1. The Kier molecular flexibility index (Phi) is 11.4. The number of ether oxygens (including phenoxy) is 2. The van der Waals surface area contributed by atoms with Crippen LogP contribution in [-0.2, 0) is 22.6 Å². The number of likely N-dealkylation sites (tertiary alicyclic amines) is 2. The number of carbonyl (C=O) groups is 1. The highest BCUT2D eigenvalue weighted by Gasteiger charge is 2.44. The topological polar surface area (TPSA) is 54.9 Å². The third kappa shape index (κ3) is 8.62. The SMILES string of the molecule is COc1ccc(COC(=O)[C@@H](C2CCCCC2)N2C[C@H](CN3CCC(c4ncc(Cc5ccccc5)s4)CC3)[C@@H](c3ccccc3)C2)cc1. The fourth-order valence-corrected chi connectivity index (χ4v) is 9.65. The summed E-state index contributed by atoms with van der Waals surface area (Å²) < 4.78 is 11.4. The minimum Gasteiger partial charge on any atom is -0.497 e. The van der Waals surface area contributed by atoms with Gasteiger partial charge in [0.25, 0.3) is 0 Å². The van der Waals surface area contributed by atoms with Crippen LogP contribution in [-0.4, -0.2) is 66.6 Å². The highest BCUT2D eigenvalue weighted by Crippen LogP contribution is 2.40. The second-order valence-corrected chi connectivity index (χ2v) is 15.6. The van der Waals surface area contributed by atoms with E-state index in [1.165, 1.54) is 40.3 Å². The number of methoxy groups -OCH3 is 1. The van der Waals surface area contributed by atoms with Crippen molar-refractivity contribution in [3.05, 3.63) is 118 Å². The summed E-state index contributed by atoms with van der Waals surface area (Å²) in [5.41, 5.74) is 3.74. The van der Waals surface area contributed by atoms with E-state index in [0.717, 1.165) is 76.1 Å². The van der Waals surface area contributed by atoms with Crippen LogP contribution in [0.4, 0.5) is 0 Å². The quantitative estimate of drug-likeness (QED) is 0.141. The van der Waals surface area contributed by atoms with Gasteiger partial charge in [-0.15, -0.1) is 11.3 Å². The van der Waals surface area contributed by atoms with Crippen molar-refractivity contribution < 1.29 is 14.3 Å². The minimum atomic E-state index is -0.185. The van der Waals surface area contributed by atoms with Crippen molar-refractivity contribution in [2.24, 2.45) is 11.8 Å². The largest absolute Gasteiger partial charge is 0.497 e. The molecule has 3 aromatic carbocycles. The van der Waals surface area contributed by atoms with Crippen molar-refractivity contribution in [2.45, 2.75) is 75.9 Å². The second-order valence-electron chi connectivity index (χ2n) is 14.4. The number of hydrogen-bond acceptors (Lipinski definition) is 7. The molecule has 49 heavy (non-hydrogen) atoms. The highest BCUT2D eigenvalue weighted by atomic mass is 32.1. The van der Waals surface area contributed by atoms with Gasteiger partial charge in [-0.1, -0.05) is 92.1 Å². The average Bonchev–Trinajstić information content (AvgIpc) is 3.80. The molecule has 0 spiro atoms. The monoisotopic (exact) mass is 677 g/mol. The van der Waals surface area contributed by atoms with Crippen LogP contribution in [0.15, 0.2) is 91.1 Å². The molecule has 3 fully saturated rings. The summed E-state index contributed by atoms with van der Waals surface area (Å²) in [6, 6.07) is 29.4. The number of thiazole rings is 1. The predicted molar refractivity (Wildman–Crippen MR) is 197 cm³/mol. The Morgan fingerprint density at radius 3 is 2.29 bits per heavy atom. The molecule has 7 rings (SSSR count). The zero-order valence-corrected chi connectivity index (χ0v) is 29.7. The molecule has 3 atom stereocenters. The zero-order chi connectivity index (χ0) is 33.4. The normalized spacial score (nSPS) is 21.8. The molecule has 4 aromatic rings. The number of carbonyl (C=O) groups excluding carboxylic acids is 1. The van der Waals surface area contributed by atoms with E-state index < -0.39 is 0 Å². The molecule has 6 nitrogen and oxygen atoms in total. The molecule has 3 heterocycles. The van der Waals surface area contributed by atoms with Crippen LogP contribution in [0.25, 0.3) is 0 Å². The molecule has 2 aliphatic heterocycles. The fraction of sp³-hybridized carbons (Fsp3) is 0.476. The number of piperidine rings is 1. The van der Waals surface area contributed by atoms with Gasteiger partial charge in [0.2, 0.25) is 0 Å². The van der Waals surface area contributed by atoms with Gasteiger partial charge in [0.15, 0.2) is 0 Å². The van der Waals surface area contributed by atoms with Crippen LogP contribution in [0.3, 0.4) is 0 Å². The van der Waals surface area contributed by atoms with E-state index in [1.807, 2.05) is 35.6 Å². The molecule has 0 amide bonds. The lowest BCUT2D eigenvalue weighted by molar-refractivity contribution is -0.154. The van der Waals surface area contributed by atoms with E-state index in [2.05, 4.69) is 76.7 Å². The van der Waals surface area contributed by atoms with Crippen LogP contribution < -0.4 is 4.74 Å². The molecule has 0 N–H and O–H groups in total. The molecule has 1 saturated carbocycles. The van der Waals surface area contributed by atoms with Gasteiger partial charge in [0.1, 0.15) is 18.4 Å². The second kappa shape index (κ2) is 16.5. The first-order chi connectivity index (χ1) is 24.1. The van der Waals surface area contributed by atoms with Gasteiger partial charge in [-0.3, -0.25) is 9.69 Å². The Hall–Kier alpha value is -3.52. The average molecular weight is 678 g/mol. The maximum absolute atomic E-state index is 14.0. The molecule has 2 saturated heterocycles. The maximum atomic E-state index is 14.0. The van der Waals surface area contributed by atoms with Crippen molar-refractivity contribution in [2.75, 3.05) is 39.8 Å². The van der Waals surface area contributed by atoms with Gasteiger partial charge in [-0.05, 0) is 79.4 Å². The van der Waals surface area contributed by atoms with Gasteiger partial charge < -0.3 is 14.4 Å². The number of nitrogens with zero attached hydrogens (tertiary/aromatic N) is 3. The lowest BCUT2D eigenvalue weighted by Gasteiger charge is -2.35. The van der Waals surface area contributed by atoms with Crippen molar-refractivity contribution in [1.29, 1.82) is 0 Å². The molecular formula is C42H51N3O3S. The van der Waals surface area contributed by atoms with Crippen LogP contribution >= 0.6 is 11.3 Å². The first-order valence-electron chi connectivity index (χ1n) is 18.4. The van der Waals surface area contributed by atoms with Crippen LogP contribution in [0.5, 0.6) is 5.75 Å². The van der Waals surface area contributed by atoms with Gasteiger partial charge >= 0.3 is 5.97 Å². The van der Waals surface area contributed by atoms with Crippen molar-refractivity contribution >= 4 is 17.3 Å². The first-order valence-corrected chi connectivity index (χ1v) is 19.2. The molecule has 0 unspecified atom stereocenters.